The predicted octanol–water partition coefficient (Wildman–Crippen LogP) is 0.191. The molecule has 7 nitrogen and oxygen atoms in total. The van der Waals surface area contributed by atoms with Crippen molar-refractivity contribution in [2.75, 3.05) is 32.5 Å². The first-order chi connectivity index (χ1) is 10.8. The van der Waals surface area contributed by atoms with Crippen LogP contribution in [0, 0.1) is 0 Å². The van der Waals surface area contributed by atoms with Crippen molar-refractivity contribution in [3.8, 4) is 0 Å². The van der Waals surface area contributed by atoms with Crippen molar-refractivity contribution in [2.45, 2.75) is 28.4 Å². The Hall–Kier alpha value is -1.00. The lowest BCUT2D eigenvalue weighted by atomic mass is 10.0. The smallest absolute Gasteiger partial charge is 0.245 e. The summed E-state index contributed by atoms with van der Waals surface area (Å²) in [5, 5.41) is 3.20. The molecule has 2 aliphatic rings. The van der Waals surface area contributed by atoms with Gasteiger partial charge in [0, 0.05) is 25.6 Å². The number of hydrogen-bond donors (Lipinski definition) is 1. The highest BCUT2D eigenvalue weighted by Gasteiger charge is 2.49. The molecule has 1 N–H and O–H groups in total. The molecule has 1 aromatic carbocycles. The lowest BCUT2D eigenvalue weighted by Gasteiger charge is -2.39. The molecule has 128 valence electrons. The van der Waals surface area contributed by atoms with E-state index in [4.69, 9.17) is 4.74 Å². The Morgan fingerprint density at radius 1 is 1.04 bits per heavy atom. The summed E-state index contributed by atoms with van der Waals surface area (Å²) in [6.07, 6.45) is 2.30. The lowest BCUT2D eigenvalue weighted by molar-refractivity contribution is -0.0704. The summed E-state index contributed by atoms with van der Waals surface area (Å²) in [7, 11) is -7.08. The number of nitrogens with zero attached hydrogens (tertiary/aromatic N) is 1. The number of hydrogen-bond acceptors (Lipinski definition) is 6. The van der Waals surface area contributed by atoms with Gasteiger partial charge in [-0.1, -0.05) is 0 Å². The van der Waals surface area contributed by atoms with Crippen molar-refractivity contribution in [2.24, 2.45) is 0 Å². The Balaban J connectivity index is 1.95. The molecule has 2 heterocycles. The van der Waals surface area contributed by atoms with Crippen LogP contribution in [-0.4, -0.2) is 59.4 Å². The van der Waals surface area contributed by atoms with E-state index >= 15 is 0 Å². The van der Waals surface area contributed by atoms with Crippen LogP contribution in [0.3, 0.4) is 0 Å². The molecule has 0 radical (unpaired) electrons. The van der Waals surface area contributed by atoms with Crippen LogP contribution in [0.5, 0.6) is 0 Å². The van der Waals surface area contributed by atoms with E-state index in [9.17, 15) is 16.8 Å². The minimum atomic E-state index is -3.72. The SMILES string of the molecule is CS(=O)(=O)c1ccc(S(=O)(=O)N2CCOC23CCNCC3)cc1. The van der Waals surface area contributed by atoms with Crippen LogP contribution in [0.2, 0.25) is 0 Å². The van der Waals surface area contributed by atoms with Crippen LogP contribution in [0.1, 0.15) is 12.8 Å². The standard InChI is InChI=1S/C14H20N2O5S2/c1-22(17,18)12-2-4-13(5-3-12)23(19,20)16-10-11-21-14(16)6-8-15-9-7-14/h2-5,15H,6-11H2,1H3. The zero-order chi connectivity index (χ0) is 16.7. The van der Waals surface area contributed by atoms with Crippen molar-refractivity contribution in [3.63, 3.8) is 0 Å². The quantitative estimate of drug-likeness (QED) is 0.827. The molecule has 2 fully saturated rings. The molecule has 1 aromatic rings. The summed E-state index contributed by atoms with van der Waals surface area (Å²) in [4.78, 5) is 0.194. The molecule has 0 saturated carbocycles. The van der Waals surface area contributed by atoms with E-state index in [-0.39, 0.29) is 9.79 Å². The fourth-order valence-corrected chi connectivity index (χ4v) is 5.48. The summed E-state index contributed by atoms with van der Waals surface area (Å²) in [6, 6.07) is 5.35. The van der Waals surface area contributed by atoms with Crippen molar-refractivity contribution in [1.29, 1.82) is 0 Å². The largest absolute Gasteiger partial charge is 0.358 e. The molecule has 0 bridgehead atoms. The number of nitrogens with one attached hydrogen (secondary N) is 1. The zero-order valence-corrected chi connectivity index (χ0v) is 14.5. The lowest BCUT2D eigenvalue weighted by Crippen LogP contribution is -2.53. The number of rotatable bonds is 3. The third-order valence-electron chi connectivity index (χ3n) is 4.34. The highest BCUT2D eigenvalue weighted by atomic mass is 32.2. The summed E-state index contributed by atoms with van der Waals surface area (Å²) >= 11 is 0. The summed E-state index contributed by atoms with van der Waals surface area (Å²) in [6.45, 7) is 2.11. The second kappa shape index (κ2) is 5.82. The first-order valence-corrected chi connectivity index (χ1v) is 10.8. The predicted molar refractivity (Wildman–Crippen MR) is 84.2 cm³/mol. The second-order valence-corrected chi connectivity index (χ2v) is 9.74. The third kappa shape index (κ3) is 3.03. The average Bonchev–Trinajstić information content (AvgIpc) is 2.91. The van der Waals surface area contributed by atoms with Crippen LogP contribution in [-0.2, 0) is 24.6 Å². The van der Waals surface area contributed by atoms with Crippen LogP contribution in [0.15, 0.2) is 34.1 Å². The number of piperidine rings is 1. The molecule has 23 heavy (non-hydrogen) atoms. The van der Waals surface area contributed by atoms with Crippen LogP contribution in [0.4, 0.5) is 0 Å². The van der Waals surface area contributed by atoms with Gasteiger partial charge in [0.05, 0.1) is 16.4 Å². The average molecular weight is 360 g/mol. The van der Waals surface area contributed by atoms with Crippen molar-refractivity contribution in [3.05, 3.63) is 24.3 Å². The summed E-state index contributed by atoms with van der Waals surface area (Å²) in [5.74, 6) is 0. The van der Waals surface area contributed by atoms with Crippen molar-refractivity contribution < 1.29 is 21.6 Å². The normalized spacial score (nSPS) is 22.5. The second-order valence-electron chi connectivity index (χ2n) is 5.87. The van der Waals surface area contributed by atoms with Crippen LogP contribution < -0.4 is 5.32 Å². The monoisotopic (exact) mass is 360 g/mol. The van der Waals surface area contributed by atoms with Gasteiger partial charge >= 0.3 is 0 Å². The van der Waals surface area contributed by atoms with Crippen molar-refractivity contribution >= 4 is 19.9 Å². The third-order valence-corrected chi connectivity index (χ3v) is 7.44. The first kappa shape index (κ1) is 16.8. The van der Waals surface area contributed by atoms with Gasteiger partial charge in [0.15, 0.2) is 9.84 Å². The van der Waals surface area contributed by atoms with E-state index in [0.717, 1.165) is 6.26 Å². The van der Waals surface area contributed by atoms with E-state index in [0.29, 0.717) is 39.1 Å². The topological polar surface area (TPSA) is 92.8 Å². The van der Waals surface area contributed by atoms with Gasteiger partial charge in [-0.3, -0.25) is 0 Å². The van der Waals surface area contributed by atoms with E-state index in [1.807, 2.05) is 0 Å². The molecule has 3 rings (SSSR count). The molecular weight excluding hydrogens is 340 g/mol. The maximum Gasteiger partial charge on any atom is 0.245 e. The van der Waals surface area contributed by atoms with Gasteiger partial charge in [0.1, 0.15) is 5.72 Å². The molecule has 1 spiro atoms. The maximum atomic E-state index is 12.9. The number of benzene rings is 1. The molecule has 2 aliphatic heterocycles. The van der Waals surface area contributed by atoms with Gasteiger partial charge in [-0.25, -0.2) is 16.8 Å². The van der Waals surface area contributed by atoms with Gasteiger partial charge < -0.3 is 10.1 Å². The Kier molecular flexibility index (Phi) is 4.26. The van der Waals surface area contributed by atoms with Gasteiger partial charge in [0.2, 0.25) is 10.0 Å². The minimum absolute atomic E-state index is 0.0910. The number of sulfonamides is 1. The van der Waals surface area contributed by atoms with Crippen LogP contribution in [0.25, 0.3) is 0 Å². The number of sulfone groups is 1. The fraction of sp³-hybridized carbons (Fsp3) is 0.571. The van der Waals surface area contributed by atoms with E-state index < -0.39 is 25.6 Å². The Labute approximate surface area is 136 Å². The Morgan fingerprint density at radius 2 is 1.61 bits per heavy atom. The molecule has 9 heteroatoms. The molecule has 0 aliphatic carbocycles. The molecule has 2 saturated heterocycles. The summed E-state index contributed by atoms with van der Waals surface area (Å²) < 4.78 is 56.1. The minimum Gasteiger partial charge on any atom is -0.358 e. The first-order valence-electron chi connectivity index (χ1n) is 7.43. The maximum absolute atomic E-state index is 12.9. The highest BCUT2D eigenvalue weighted by Crippen LogP contribution is 2.36. The fourth-order valence-electron chi connectivity index (χ4n) is 3.13. The molecule has 0 amide bonds. The van der Waals surface area contributed by atoms with Crippen LogP contribution >= 0.6 is 0 Å². The molecule has 0 aromatic heterocycles. The Bertz CT molecular complexity index is 781. The molecule has 0 atom stereocenters. The molecular formula is C14H20N2O5S2. The van der Waals surface area contributed by atoms with E-state index in [1.165, 1.54) is 28.6 Å². The van der Waals surface area contributed by atoms with Gasteiger partial charge in [-0.2, -0.15) is 4.31 Å². The van der Waals surface area contributed by atoms with Gasteiger partial charge in [0.25, 0.3) is 0 Å². The van der Waals surface area contributed by atoms with E-state index in [2.05, 4.69) is 5.32 Å². The van der Waals surface area contributed by atoms with Gasteiger partial charge in [-0.05, 0) is 37.4 Å². The number of ether oxygens (including phenoxy) is 1. The summed E-state index contributed by atoms with van der Waals surface area (Å²) in [5.41, 5.74) is -0.778. The van der Waals surface area contributed by atoms with Crippen molar-refractivity contribution in [1.82, 2.24) is 9.62 Å². The van der Waals surface area contributed by atoms with Gasteiger partial charge in [-0.15, -0.1) is 0 Å². The highest BCUT2D eigenvalue weighted by molar-refractivity contribution is 7.90. The Morgan fingerprint density at radius 3 is 2.17 bits per heavy atom. The zero-order valence-electron chi connectivity index (χ0n) is 12.9. The molecule has 0 unspecified atom stereocenters. The van der Waals surface area contributed by atoms with E-state index in [1.54, 1.807) is 0 Å².